The zero-order valence-electron chi connectivity index (χ0n) is 9.57. The summed E-state index contributed by atoms with van der Waals surface area (Å²) in [5.74, 6) is -0.463. The summed E-state index contributed by atoms with van der Waals surface area (Å²) < 4.78 is 6.11. The summed E-state index contributed by atoms with van der Waals surface area (Å²) in [4.78, 5) is 23.5. The third kappa shape index (κ3) is 3.23. The van der Waals surface area contributed by atoms with Crippen LogP contribution in [-0.2, 0) is 9.53 Å². The molecule has 1 atom stereocenters. The second-order valence-corrected chi connectivity index (χ2v) is 4.24. The summed E-state index contributed by atoms with van der Waals surface area (Å²) >= 11 is 11.5. The first-order valence-electron chi connectivity index (χ1n) is 5.25. The van der Waals surface area contributed by atoms with Crippen LogP contribution in [0.3, 0.4) is 0 Å². The Labute approximate surface area is 109 Å². The quantitative estimate of drug-likeness (QED) is 0.795. The van der Waals surface area contributed by atoms with Crippen molar-refractivity contribution in [2.75, 3.05) is 6.61 Å². The molecule has 0 aliphatic heterocycles. The van der Waals surface area contributed by atoms with Gasteiger partial charge in [-0.15, -0.1) is 0 Å². The highest BCUT2D eigenvalue weighted by Gasteiger charge is 2.21. The van der Waals surface area contributed by atoms with Gasteiger partial charge in [0, 0.05) is 6.20 Å². The van der Waals surface area contributed by atoms with Crippen LogP contribution in [0.4, 0.5) is 0 Å². The van der Waals surface area contributed by atoms with Crippen LogP contribution in [0.25, 0.3) is 0 Å². The lowest BCUT2D eigenvalue weighted by molar-refractivity contribution is -0.147. The van der Waals surface area contributed by atoms with Gasteiger partial charge in [-0.25, -0.2) is 4.79 Å². The fourth-order valence-corrected chi connectivity index (χ4v) is 1.97. The lowest BCUT2D eigenvalue weighted by atomic mass is 10.2. The molecule has 0 aromatic carbocycles. The molecule has 1 rings (SSSR count). The van der Waals surface area contributed by atoms with Gasteiger partial charge in [-0.2, -0.15) is 0 Å². The van der Waals surface area contributed by atoms with Crippen LogP contribution in [0.2, 0.25) is 10.0 Å². The second-order valence-electron chi connectivity index (χ2n) is 3.39. The number of carbonyl (C=O) groups is 1. The number of hydrogen-bond acceptors (Lipinski definition) is 3. The second kappa shape index (κ2) is 6.07. The van der Waals surface area contributed by atoms with Crippen LogP contribution in [0.5, 0.6) is 0 Å². The van der Waals surface area contributed by atoms with Gasteiger partial charge in [-0.05, 0) is 19.4 Å². The average Bonchev–Trinajstić information content (AvgIpc) is 2.26. The molecular weight excluding hydrogens is 265 g/mol. The van der Waals surface area contributed by atoms with Crippen molar-refractivity contribution >= 4 is 29.2 Å². The summed E-state index contributed by atoms with van der Waals surface area (Å²) in [5, 5.41) is 0.289. The number of ether oxygens (including phenoxy) is 1. The predicted molar refractivity (Wildman–Crippen MR) is 66.7 cm³/mol. The molecule has 0 bridgehead atoms. The highest BCUT2D eigenvalue weighted by molar-refractivity contribution is 6.34. The van der Waals surface area contributed by atoms with Gasteiger partial charge < -0.3 is 4.74 Å². The first-order chi connectivity index (χ1) is 8.01. The van der Waals surface area contributed by atoms with Crippen LogP contribution in [0.1, 0.15) is 26.3 Å². The van der Waals surface area contributed by atoms with Gasteiger partial charge in [0.25, 0.3) is 5.56 Å². The van der Waals surface area contributed by atoms with E-state index in [2.05, 4.69) is 0 Å². The topological polar surface area (TPSA) is 48.3 Å². The standard InChI is InChI=1S/C11H13Cl2NO3/c1-3-9(11(16)17-4-2)14-6-7(12)5-8(13)10(14)15/h5-6,9H,3-4H2,1-2H3/t9-/m0/s1. The molecule has 0 aliphatic rings. The lowest BCUT2D eigenvalue weighted by Crippen LogP contribution is -2.30. The van der Waals surface area contributed by atoms with E-state index in [1.807, 2.05) is 0 Å². The summed E-state index contributed by atoms with van der Waals surface area (Å²) in [6.07, 6.45) is 1.82. The third-order valence-corrected chi connectivity index (χ3v) is 2.72. The number of carbonyl (C=O) groups excluding carboxylic acids is 1. The van der Waals surface area contributed by atoms with E-state index >= 15 is 0 Å². The minimum Gasteiger partial charge on any atom is -0.464 e. The van der Waals surface area contributed by atoms with E-state index in [0.717, 1.165) is 0 Å². The van der Waals surface area contributed by atoms with E-state index in [4.69, 9.17) is 27.9 Å². The highest BCUT2D eigenvalue weighted by atomic mass is 35.5. The molecule has 0 N–H and O–H groups in total. The molecule has 0 spiro atoms. The predicted octanol–water partition coefficient (Wildman–Crippen LogP) is 2.67. The highest BCUT2D eigenvalue weighted by Crippen LogP contribution is 2.17. The number of esters is 1. The smallest absolute Gasteiger partial charge is 0.329 e. The van der Waals surface area contributed by atoms with Gasteiger partial charge in [0.2, 0.25) is 0 Å². The summed E-state index contributed by atoms with van der Waals surface area (Å²) in [6.45, 7) is 3.75. The Bertz CT molecular complexity index is 470. The molecule has 0 radical (unpaired) electrons. The number of rotatable bonds is 4. The molecule has 17 heavy (non-hydrogen) atoms. The first kappa shape index (κ1) is 14.1. The van der Waals surface area contributed by atoms with Crippen molar-refractivity contribution in [1.29, 1.82) is 0 Å². The van der Waals surface area contributed by atoms with E-state index in [-0.39, 0.29) is 11.6 Å². The van der Waals surface area contributed by atoms with E-state index in [1.165, 1.54) is 16.8 Å². The summed E-state index contributed by atoms with van der Waals surface area (Å²) in [5.41, 5.74) is -0.448. The number of hydrogen-bond donors (Lipinski definition) is 0. The maximum atomic E-state index is 11.8. The molecular formula is C11H13Cl2NO3. The molecule has 0 fully saturated rings. The molecule has 4 nitrogen and oxygen atoms in total. The normalized spacial score (nSPS) is 12.2. The number of nitrogens with zero attached hydrogens (tertiary/aromatic N) is 1. The molecule has 6 heteroatoms. The molecule has 94 valence electrons. The maximum Gasteiger partial charge on any atom is 0.329 e. The van der Waals surface area contributed by atoms with Crippen molar-refractivity contribution in [3.63, 3.8) is 0 Å². The van der Waals surface area contributed by atoms with Crippen molar-refractivity contribution in [3.8, 4) is 0 Å². The van der Waals surface area contributed by atoms with Crippen molar-refractivity contribution in [3.05, 3.63) is 32.7 Å². The number of halogens is 2. The first-order valence-corrected chi connectivity index (χ1v) is 6.00. The Balaban J connectivity index is 3.21. The zero-order valence-corrected chi connectivity index (χ0v) is 11.1. The molecule has 0 saturated heterocycles. The van der Waals surface area contributed by atoms with Crippen LogP contribution >= 0.6 is 23.2 Å². The van der Waals surface area contributed by atoms with Crippen LogP contribution in [0.15, 0.2) is 17.1 Å². The van der Waals surface area contributed by atoms with E-state index in [0.29, 0.717) is 11.4 Å². The summed E-state index contributed by atoms with van der Waals surface area (Å²) in [7, 11) is 0. The number of pyridine rings is 1. The molecule has 0 unspecified atom stereocenters. The Hall–Kier alpha value is -1.00. The largest absolute Gasteiger partial charge is 0.464 e. The molecule has 0 aliphatic carbocycles. The van der Waals surface area contributed by atoms with Crippen molar-refractivity contribution in [1.82, 2.24) is 4.57 Å². The Morgan fingerprint density at radius 3 is 2.65 bits per heavy atom. The van der Waals surface area contributed by atoms with E-state index in [9.17, 15) is 9.59 Å². The Morgan fingerprint density at radius 1 is 1.47 bits per heavy atom. The van der Waals surface area contributed by atoms with Crippen LogP contribution in [-0.4, -0.2) is 17.1 Å². The molecule has 1 heterocycles. The van der Waals surface area contributed by atoms with Gasteiger partial charge in [0.1, 0.15) is 11.1 Å². The molecule has 1 aromatic rings. The third-order valence-electron chi connectivity index (χ3n) is 2.25. The monoisotopic (exact) mass is 277 g/mol. The van der Waals surface area contributed by atoms with Gasteiger partial charge in [0.15, 0.2) is 0 Å². The zero-order chi connectivity index (χ0) is 13.0. The fourth-order valence-electron chi connectivity index (χ4n) is 1.48. The Kier molecular flexibility index (Phi) is 5.02. The van der Waals surface area contributed by atoms with Crippen LogP contribution < -0.4 is 5.56 Å². The van der Waals surface area contributed by atoms with E-state index in [1.54, 1.807) is 13.8 Å². The molecule has 0 saturated carbocycles. The van der Waals surface area contributed by atoms with Gasteiger partial charge in [-0.3, -0.25) is 9.36 Å². The average molecular weight is 278 g/mol. The van der Waals surface area contributed by atoms with Crippen LogP contribution in [0, 0.1) is 0 Å². The fraction of sp³-hybridized carbons (Fsp3) is 0.455. The lowest BCUT2D eigenvalue weighted by Gasteiger charge is -2.17. The van der Waals surface area contributed by atoms with Gasteiger partial charge in [0.05, 0.1) is 11.6 Å². The maximum absolute atomic E-state index is 11.8. The number of aromatic nitrogens is 1. The van der Waals surface area contributed by atoms with Gasteiger partial charge >= 0.3 is 5.97 Å². The van der Waals surface area contributed by atoms with Crippen molar-refractivity contribution < 1.29 is 9.53 Å². The Morgan fingerprint density at radius 2 is 2.12 bits per heavy atom. The minimum absolute atomic E-state index is 0.0137. The minimum atomic E-state index is -0.696. The van der Waals surface area contributed by atoms with Gasteiger partial charge in [-0.1, -0.05) is 30.1 Å². The SMILES string of the molecule is CCOC(=O)[C@H](CC)n1cc(Cl)cc(Cl)c1=O. The van der Waals surface area contributed by atoms with Crippen molar-refractivity contribution in [2.45, 2.75) is 26.3 Å². The van der Waals surface area contributed by atoms with Crippen molar-refractivity contribution in [2.24, 2.45) is 0 Å². The summed E-state index contributed by atoms with van der Waals surface area (Å²) in [6, 6.07) is 0.651. The molecule has 0 amide bonds. The van der Waals surface area contributed by atoms with E-state index < -0.39 is 17.6 Å². The molecule has 1 aromatic heterocycles.